The number of aromatic nitrogens is 2. The van der Waals surface area contributed by atoms with Gasteiger partial charge in [-0.1, -0.05) is 18.2 Å². The van der Waals surface area contributed by atoms with E-state index < -0.39 is 0 Å². The molecular formula is C19H18N2O2. The Labute approximate surface area is 134 Å². The number of benzene rings is 2. The second-order valence-electron chi connectivity index (χ2n) is 6.00. The van der Waals surface area contributed by atoms with Crippen LogP contribution in [0.15, 0.2) is 48.8 Å². The SMILES string of the molecule is COc1ccc2c(c1)CCC2CC(=O)n1cnc2ccccc21. The van der Waals surface area contributed by atoms with Crippen LogP contribution in [-0.4, -0.2) is 22.6 Å². The van der Waals surface area contributed by atoms with Crippen LogP contribution < -0.4 is 4.74 Å². The summed E-state index contributed by atoms with van der Waals surface area (Å²) in [7, 11) is 1.68. The molecule has 0 bridgehead atoms. The molecule has 4 heteroatoms. The fourth-order valence-electron chi connectivity index (χ4n) is 3.49. The minimum atomic E-state index is 0.104. The zero-order valence-electron chi connectivity index (χ0n) is 13.0. The zero-order chi connectivity index (χ0) is 15.8. The Kier molecular flexibility index (Phi) is 3.37. The highest BCUT2D eigenvalue weighted by Gasteiger charge is 2.26. The molecule has 1 aromatic heterocycles. The molecule has 1 unspecified atom stereocenters. The number of rotatable bonds is 3. The van der Waals surface area contributed by atoms with Crippen molar-refractivity contribution in [1.29, 1.82) is 0 Å². The number of carbonyl (C=O) groups excluding carboxylic acids is 1. The van der Waals surface area contributed by atoms with Gasteiger partial charge in [-0.15, -0.1) is 0 Å². The van der Waals surface area contributed by atoms with E-state index in [4.69, 9.17) is 4.74 Å². The number of carbonyl (C=O) groups is 1. The number of imidazole rings is 1. The zero-order valence-corrected chi connectivity index (χ0v) is 13.0. The van der Waals surface area contributed by atoms with E-state index in [0.717, 1.165) is 29.6 Å². The van der Waals surface area contributed by atoms with Crippen molar-refractivity contribution < 1.29 is 9.53 Å². The van der Waals surface area contributed by atoms with E-state index >= 15 is 0 Å². The largest absolute Gasteiger partial charge is 0.497 e. The van der Waals surface area contributed by atoms with Crippen molar-refractivity contribution in [3.63, 3.8) is 0 Å². The van der Waals surface area contributed by atoms with Gasteiger partial charge in [0.05, 0.1) is 18.1 Å². The van der Waals surface area contributed by atoms with Crippen LogP contribution in [0, 0.1) is 0 Å². The van der Waals surface area contributed by atoms with Crippen LogP contribution in [0.2, 0.25) is 0 Å². The van der Waals surface area contributed by atoms with Gasteiger partial charge < -0.3 is 4.74 Å². The number of ether oxygens (including phenoxy) is 1. The number of hydrogen-bond donors (Lipinski definition) is 0. The highest BCUT2D eigenvalue weighted by molar-refractivity contribution is 5.90. The first-order valence-corrected chi connectivity index (χ1v) is 7.88. The third kappa shape index (κ3) is 2.40. The van der Waals surface area contributed by atoms with Gasteiger partial charge in [0.2, 0.25) is 5.91 Å². The van der Waals surface area contributed by atoms with E-state index in [0.29, 0.717) is 6.42 Å². The highest BCUT2D eigenvalue weighted by atomic mass is 16.5. The van der Waals surface area contributed by atoms with E-state index in [-0.39, 0.29) is 11.8 Å². The van der Waals surface area contributed by atoms with Crippen molar-refractivity contribution in [2.45, 2.75) is 25.2 Å². The minimum Gasteiger partial charge on any atom is -0.497 e. The summed E-state index contributed by atoms with van der Waals surface area (Å²) in [5.74, 6) is 1.27. The molecule has 0 radical (unpaired) electrons. The summed E-state index contributed by atoms with van der Waals surface area (Å²) in [6.45, 7) is 0. The van der Waals surface area contributed by atoms with Gasteiger partial charge in [0.25, 0.3) is 0 Å². The van der Waals surface area contributed by atoms with Crippen molar-refractivity contribution in [2.24, 2.45) is 0 Å². The first kappa shape index (κ1) is 14.0. The number of fused-ring (bicyclic) bond motifs is 2. The molecule has 116 valence electrons. The average molecular weight is 306 g/mol. The van der Waals surface area contributed by atoms with Gasteiger partial charge >= 0.3 is 0 Å². The van der Waals surface area contributed by atoms with E-state index in [1.165, 1.54) is 11.1 Å². The lowest BCUT2D eigenvalue weighted by Gasteiger charge is -2.12. The molecule has 1 aliphatic rings. The van der Waals surface area contributed by atoms with Gasteiger partial charge in [0.15, 0.2) is 0 Å². The first-order valence-electron chi connectivity index (χ1n) is 7.88. The van der Waals surface area contributed by atoms with E-state index in [1.54, 1.807) is 18.0 Å². The maximum absolute atomic E-state index is 12.7. The van der Waals surface area contributed by atoms with Gasteiger partial charge in [-0.2, -0.15) is 0 Å². The van der Waals surface area contributed by atoms with Crippen molar-refractivity contribution in [3.05, 3.63) is 59.9 Å². The van der Waals surface area contributed by atoms with Gasteiger partial charge in [-0.3, -0.25) is 9.36 Å². The number of hydrogen-bond acceptors (Lipinski definition) is 3. The van der Waals surface area contributed by atoms with Crippen LogP contribution in [-0.2, 0) is 6.42 Å². The summed E-state index contributed by atoms with van der Waals surface area (Å²) in [6.07, 6.45) is 4.17. The maximum atomic E-state index is 12.7. The molecule has 1 heterocycles. The molecule has 4 rings (SSSR count). The van der Waals surface area contributed by atoms with Crippen molar-refractivity contribution in [1.82, 2.24) is 9.55 Å². The molecule has 0 aliphatic heterocycles. The van der Waals surface area contributed by atoms with E-state index in [9.17, 15) is 4.79 Å². The summed E-state index contributed by atoms with van der Waals surface area (Å²) < 4.78 is 6.96. The smallest absolute Gasteiger partial charge is 0.232 e. The molecule has 2 aromatic carbocycles. The molecule has 0 N–H and O–H groups in total. The van der Waals surface area contributed by atoms with Crippen LogP contribution >= 0.6 is 0 Å². The third-order valence-electron chi connectivity index (χ3n) is 4.70. The van der Waals surface area contributed by atoms with Crippen LogP contribution in [0.4, 0.5) is 0 Å². The average Bonchev–Trinajstić information content (AvgIpc) is 3.18. The second kappa shape index (κ2) is 5.54. The lowest BCUT2D eigenvalue weighted by atomic mass is 9.97. The molecule has 0 spiro atoms. The number of aryl methyl sites for hydroxylation is 1. The predicted molar refractivity (Wildman–Crippen MR) is 89.0 cm³/mol. The Hall–Kier alpha value is -2.62. The molecule has 1 atom stereocenters. The van der Waals surface area contributed by atoms with E-state index in [1.807, 2.05) is 30.3 Å². The number of methoxy groups -OCH3 is 1. The quantitative estimate of drug-likeness (QED) is 0.739. The first-order chi connectivity index (χ1) is 11.3. The topological polar surface area (TPSA) is 44.1 Å². The third-order valence-corrected chi connectivity index (χ3v) is 4.70. The number of nitrogens with zero attached hydrogens (tertiary/aromatic N) is 2. The standard InChI is InChI=1S/C19H18N2O2/c1-23-15-8-9-16-13(10-15)6-7-14(16)11-19(22)21-12-20-17-4-2-3-5-18(17)21/h2-5,8-10,12,14H,6-7,11H2,1H3. The monoisotopic (exact) mass is 306 g/mol. The Bertz CT molecular complexity index is 882. The summed E-state index contributed by atoms with van der Waals surface area (Å²) in [6, 6.07) is 13.9. The summed E-state index contributed by atoms with van der Waals surface area (Å²) in [5, 5.41) is 0. The fraction of sp³-hybridized carbons (Fsp3) is 0.263. The van der Waals surface area contributed by atoms with Crippen LogP contribution in [0.1, 0.15) is 34.7 Å². The normalized spacial score (nSPS) is 16.5. The molecule has 3 aromatic rings. The summed E-state index contributed by atoms with van der Waals surface area (Å²) in [4.78, 5) is 17.0. The Morgan fingerprint density at radius 1 is 1.30 bits per heavy atom. The molecule has 0 saturated heterocycles. The summed E-state index contributed by atoms with van der Waals surface area (Å²) >= 11 is 0. The maximum Gasteiger partial charge on any atom is 0.232 e. The predicted octanol–water partition coefficient (Wildman–Crippen LogP) is 3.81. The van der Waals surface area contributed by atoms with Gasteiger partial charge in [-0.05, 0) is 54.2 Å². The molecule has 4 nitrogen and oxygen atoms in total. The Morgan fingerprint density at radius 2 is 2.17 bits per heavy atom. The van der Waals surface area contributed by atoms with Gasteiger partial charge in [-0.25, -0.2) is 4.98 Å². The second-order valence-corrected chi connectivity index (χ2v) is 6.00. The van der Waals surface area contributed by atoms with Crippen LogP contribution in [0.3, 0.4) is 0 Å². The highest BCUT2D eigenvalue weighted by Crippen LogP contribution is 2.37. The van der Waals surface area contributed by atoms with E-state index in [2.05, 4.69) is 17.1 Å². The summed E-state index contributed by atoms with van der Waals surface area (Å²) in [5.41, 5.74) is 4.32. The lowest BCUT2D eigenvalue weighted by Crippen LogP contribution is -2.12. The molecule has 0 amide bonds. The Morgan fingerprint density at radius 3 is 3.04 bits per heavy atom. The molecule has 0 saturated carbocycles. The molecule has 1 aliphatic carbocycles. The van der Waals surface area contributed by atoms with Crippen molar-refractivity contribution in [3.8, 4) is 5.75 Å². The van der Waals surface area contributed by atoms with Crippen LogP contribution in [0.5, 0.6) is 5.75 Å². The lowest BCUT2D eigenvalue weighted by molar-refractivity contribution is 0.0897. The number of para-hydroxylation sites is 2. The van der Waals surface area contributed by atoms with Crippen LogP contribution in [0.25, 0.3) is 11.0 Å². The fourth-order valence-corrected chi connectivity index (χ4v) is 3.49. The Balaban J connectivity index is 1.59. The molecular weight excluding hydrogens is 288 g/mol. The molecule has 23 heavy (non-hydrogen) atoms. The van der Waals surface area contributed by atoms with Crippen molar-refractivity contribution in [2.75, 3.05) is 7.11 Å². The van der Waals surface area contributed by atoms with Gasteiger partial charge in [0, 0.05) is 6.42 Å². The minimum absolute atomic E-state index is 0.104. The molecule has 0 fully saturated rings. The van der Waals surface area contributed by atoms with Gasteiger partial charge in [0.1, 0.15) is 12.1 Å². The van der Waals surface area contributed by atoms with Crippen molar-refractivity contribution >= 4 is 16.9 Å².